The number of anilines is 6. The molecular formula is C69H86F6N24O8. The van der Waals surface area contributed by atoms with Gasteiger partial charge in [-0.05, 0) is 126 Å². The van der Waals surface area contributed by atoms with Gasteiger partial charge in [-0.2, -0.15) is 25.1 Å². The molecule has 38 heteroatoms. The molecule has 3 saturated carbocycles. The minimum atomic E-state index is -4.83. The molecule has 0 aliphatic heterocycles. The molecule has 6 aromatic heterocycles. The van der Waals surface area contributed by atoms with Crippen molar-refractivity contribution in [2.45, 2.75) is 147 Å². The van der Waals surface area contributed by atoms with Crippen LogP contribution in [0.15, 0.2) is 110 Å². The number of rotatable bonds is 30. The summed E-state index contributed by atoms with van der Waals surface area (Å²) in [5.41, 5.74) is 11.0. The van der Waals surface area contributed by atoms with Gasteiger partial charge in [-0.1, -0.05) is 48.5 Å². The number of benzene rings is 3. The summed E-state index contributed by atoms with van der Waals surface area (Å²) in [5.74, 6) is 2.06. The number of alkyl halides is 6. The lowest BCUT2D eigenvalue weighted by atomic mass is 9.86. The number of nitrogens with two attached hydrogens (primary N) is 1. The van der Waals surface area contributed by atoms with Crippen LogP contribution < -0.4 is 57.7 Å². The molecule has 3 fully saturated rings. The van der Waals surface area contributed by atoms with Gasteiger partial charge in [-0.15, -0.1) is 26.3 Å². The lowest BCUT2D eigenvalue weighted by molar-refractivity contribution is -0.384. The zero-order valence-corrected chi connectivity index (χ0v) is 59.1. The topological polar surface area (TPSA) is 412 Å². The van der Waals surface area contributed by atoms with Crippen LogP contribution in [0.1, 0.15) is 111 Å². The van der Waals surface area contributed by atoms with Crippen LogP contribution >= 0.6 is 0 Å². The summed E-state index contributed by atoms with van der Waals surface area (Å²) in [4.78, 5) is 65.4. The van der Waals surface area contributed by atoms with E-state index in [4.69, 9.17) is 5.73 Å². The number of nitro groups is 3. The highest BCUT2D eigenvalue weighted by Crippen LogP contribution is 2.34. The summed E-state index contributed by atoms with van der Waals surface area (Å²) in [6.45, 7) is 5.59. The second-order valence-corrected chi connectivity index (χ2v) is 26.5. The first-order chi connectivity index (χ1) is 51.3. The van der Waals surface area contributed by atoms with E-state index < -0.39 is 27.5 Å². The van der Waals surface area contributed by atoms with Gasteiger partial charge >= 0.3 is 29.8 Å². The Labute approximate surface area is 610 Å². The quantitative estimate of drug-likeness (QED) is 0.0114. The zero-order valence-electron chi connectivity index (χ0n) is 59.1. The van der Waals surface area contributed by atoms with E-state index in [0.717, 1.165) is 131 Å². The van der Waals surface area contributed by atoms with Crippen molar-refractivity contribution in [1.82, 2.24) is 70.1 Å². The number of imidazole rings is 1. The van der Waals surface area contributed by atoms with Gasteiger partial charge in [0.2, 0.25) is 35.3 Å². The van der Waals surface area contributed by atoms with Crippen LogP contribution in [0.2, 0.25) is 0 Å². The van der Waals surface area contributed by atoms with Crippen molar-refractivity contribution in [2.24, 2.45) is 37.6 Å². The minimum Gasteiger partial charge on any atom is -0.405 e. The summed E-state index contributed by atoms with van der Waals surface area (Å²) in [6.07, 6.45) is 12.1. The highest BCUT2D eigenvalue weighted by Gasteiger charge is 2.34. The van der Waals surface area contributed by atoms with Crippen molar-refractivity contribution in [3.8, 4) is 11.5 Å². The van der Waals surface area contributed by atoms with Crippen LogP contribution in [0.3, 0.4) is 0 Å². The molecule has 3 aliphatic rings. The first kappa shape index (κ1) is 78.4. The smallest absolute Gasteiger partial charge is 0.405 e. The van der Waals surface area contributed by atoms with Crippen molar-refractivity contribution < 1.29 is 50.6 Å². The molecule has 3 aromatic carbocycles. The number of H-pyrrole nitrogens is 1. The molecule has 9 aromatic rings. The van der Waals surface area contributed by atoms with Crippen LogP contribution in [0.4, 0.5) is 78.7 Å². The number of halogens is 6. The Morgan fingerprint density at radius 3 is 1.39 bits per heavy atom. The number of fused-ring (bicyclic) bond motifs is 1. The number of aromatic nitrogens is 12. The van der Waals surface area contributed by atoms with E-state index in [1.165, 1.54) is 48.2 Å². The monoisotopic (exact) mass is 1490 g/mol. The van der Waals surface area contributed by atoms with E-state index in [9.17, 15) is 56.7 Å². The normalized spacial score (nSPS) is 18.0. The molecule has 0 bridgehead atoms. The average Bonchev–Trinajstić information content (AvgIpc) is 1.68. The third kappa shape index (κ3) is 24.5. The molecule has 32 nitrogen and oxygen atoms in total. The molecule has 0 amide bonds. The van der Waals surface area contributed by atoms with E-state index >= 15 is 0 Å². The molecule has 0 radical (unpaired) electrons. The molecule has 572 valence electrons. The second kappa shape index (κ2) is 37.2. The summed E-state index contributed by atoms with van der Waals surface area (Å²) >= 11 is 0. The van der Waals surface area contributed by atoms with E-state index in [0.29, 0.717) is 68.4 Å². The molecule has 107 heavy (non-hydrogen) atoms. The number of aromatic amines is 1. The van der Waals surface area contributed by atoms with E-state index in [1.807, 2.05) is 68.6 Å². The van der Waals surface area contributed by atoms with Gasteiger partial charge in [-0.25, -0.2) is 19.9 Å². The fourth-order valence-electron chi connectivity index (χ4n) is 12.8. The summed E-state index contributed by atoms with van der Waals surface area (Å²) in [6, 6.07) is 20.3. The Kier molecular flexibility index (Phi) is 27.3. The number of aryl methyl sites for hydroxylation is 3. The molecule has 11 N–H and O–H groups in total. The number of para-hydroxylation sites is 4. The van der Waals surface area contributed by atoms with Gasteiger partial charge in [0.15, 0.2) is 0 Å². The maximum atomic E-state index is 12.7. The summed E-state index contributed by atoms with van der Waals surface area (Å²) < 4.78 is 87.8. The first-order valence-corrected chi connectivity index (χ1v) is 35.1. The van der Waals surface area contributed by atoms with Crippen molar-refractivity contribution in [3.05, 3.63) is 174 Å². The molecular weight excluding hydrogens is 1410 g/mol. The predicted octanol–water partition coefficient (Wildman–Crippen LogP) is 11.9. The van der Waals surface area contributed by atoms with Gasteiger partial charge in [0, 0.05) is 126 Å². The van der Waals surface area contributed by atoms with Gasteiger partial charge < -0.3 is 62.7 Å². The molecule has 0 spiro atoms. The Hall–Kier alpha value is -11.2. The van der Waals surface area contributed by atoms with E-state index in [-0.39, 0.29) is 88.2 Å². The number of nitrogens with zero attached hydrogens (tertiary/aromatic N) is 14. The van der Waals surface area contributed by atoms with Crippen molar-refractivity contribution in [2.75, 3.05) is 58.1 Å². The largest absolute Gasteiger partial charge is 0.573 e. The zero-order chi connectivity index (χ0) is 76.0. The molecule has 0 saturated heterocycles. The van der Waals surface area contributed by atoms with Gasteiger partial charge in [0.25, 0.3) is 0 Å². The lowest BCUT2D eigenvalue weighted by Crippen LogP contribution is -2.34. The second-order valence-electron chi connectivity index (χ2n) is 26.5. The molecule has 12 rings (SSSR count). The van der Waals surface area contributed by atoms with Crippen molar-refractivity contribution in [1.29, 1.82) is 0 Å². The molecule has 3 aliphatic carbocycles. The first-order valence-electron chi connectivity index (χ1n) is 35.1. The Bertz CT molecular complexity index is 4350. The maximum absolute atomic E-state index is 12.7. The number of ether oxygens (including phenoxy) is 2. The minimum absolute atomic E-state index is 0.0446. The third-order valence-corrected chi connectivity index (χ3v) is 18.6. The Morgan fingerprint density at radius 1 is 0.523 bits per heavy atom. The molecule has 0 atom stereocenters. The van der Waals surface area contributed by atoms with Crippen LogP contribution in [0.5, 0.6) is 11.5 Å². The number of hydrogen-bond donors (Lipinski definition) is 10. The third-order valence-electron chi connectivity index (χ3n) is 18.6. The van der Waals surface area contributed by atoms with E-state index in [2.05, 4.69) is 102 Å². The maximum Gasteiger partial charge on any atom is 0.573 e. The van der Waals surface area contributed by atoms with Gasteiger partial charge in [0.1, 0.15) is 35.9 Å². The Balaban J connectivity index is 0.000000173. The number of nitrogens with one attached hydrogen (secondary N) is 9. The standard InChI is InChI=1S/C25H31F3N8O3.C24H29F3N8O3.C20H26N8O2/c1-16-19(15-35(2)34-16)13-29-20-9-7-17(8-10-20)11-30-23-21(36(37)38)14-32-24(33-23)31-12-18-5-3-4-6-22(18)39-25(26,27)28;1-34-15-17(12-32-34)11-28-19-8-6-16(7-9-19)10-29-22-20(35(36)37)14-31-23(33-22)30-13-18-4-2-3-5-21(18)38-24(25,26)27;21-14-7-5-13(6-8-14)11-23-19-17(28(29)30)12-24-20(27-19)22-10-9-18-25-15-3-1-2-4-16(15)26-18/h3-6,14-15,17,20,29H,7-13H2,1-2H3,(H2,30,31,32,33);2-5,12,14-16,19,28H,6-11,13H2,1H3,(H2,29,30,31,33);1-4,12-14H,5-11,21H2,(H,25,26)(H2,22,23,24,27). The highest BCUT2D eigenvalue weighted by molar-refractivity contribution is 5.74. The SMILES string of the molecule is Cc1nn(C)cc1CNC1CCC(CNc2nc(NCc3ccccc3OC(F)(F)F)ncc2[N+](=O)[O-])CC1.Cn1cc(CNC2CCC(CNc3nc(NCc4ccccc4OC(F)(F)F)ncc3[N+](=O)[O-])CC2)cn1.NC1CCC(CNc2nc(NCCc3nc4ccccc4[nH]3)ncc2[N+](=O)[O-])CC1. The van der Waals surface area contributed by atoms with E-state index in [1.54, 1.807) is 16.8 Å². The van der Waals surface area contributed by atoms with Gasteiger partial charge in [-0.3, -0.25) is 39.7 Å². The van der Waals surface area contributed by atoms with Crippen LogP contribution in [0.25, 0.3) is 11.0 Å². The van der Waals surface area contributed by atoms with Gasteiger partial charge in [0.05, 0.1) is 37.7 Å². The highest BCUT2D eigenvalue weighted by atomic mass is 19.4. The number of hydrogen-bond acceptors (Lipinski definition) is 26. The fourth-order valence-corrected chi connectivity index (χ4v) is 12.8. The van der Waals surface area contributed by atoms with Crippen LogP contribution in [-0.2, 0) is 46.7 Å². The average molecular weight is 1490 g/mol. The summed E-state index contributed by atoms with van der Waals surface area (Å²) in [7, 11) is 3.79. The Morgan fingerprint density at radius 2 is 0.963 bits per heavy atom. The van der Waals surface area contributed by atoms with Crippen LogP contribution in [0, 0.1) is 55.0 Å². The van der Waals surface area contributed by atoms with Crippen LogP contribution in [-0.4, -0.2) is 131 Å². The lowest BCUT2D eigenvalue weighted by Gasteiger charge is -2.29. The molecule has 0 unspecified atom stereocenters. The van der Waals surface area contributed by atoms with Crippen molar-refractivity contribution >= 4 is 63.4 Å². The fraction of sp³-hybridized carbons (Fsp3) is 0.464. The van der Waals surface area contributed by atoms with Crippen molar-refractivity contribution in [3.63, 3.8) is 0 Å². The summed E-state index contributed by atoms with van der Waals surface area (Å²) in [5, 5.41) is 68.2. The molecule has 6 heterocycles. The predicted molar refractivity (Wildman–Crippen MR) is 387 cm³/mol.